The molecule has 24 heavy (non-hydrogen) atoms. The smallest absolute Gasteiger partial charge is 0.271 e. The van der Waals surface area contributed by atoms with E-state index < -0.39 is 5.82 Å². The van der Waals surface area contributed by atoms with Gasteiger partial charge in [-0.1, -0.05) is 18.2 Å². The monoisotopic (exact) mass is 350 g/mol. The molecular formula is C16H16ClFN4O2. The number of nitrogens with one attached hydrogen (secondary N) is 2. The van der Waals surface area contributed by atoms with Crippen molar-refractivity contribution in [2.24, 2.45) is 7.05 Å². The normalized spacial score (nSPS) is 10.1. The van der Waals surface area contributed by atoms with Crippen LogP contribution in [0, 0.1) is 5.82 Å². The third kappa shape index (κ3) is 3.26. The molecule has 0 saturated heterocycles. The summed E-state index contributed by atoms with van der Waals surface area (Å²) in [5, 5.41) is 0.841. The first-order valence-electron chi connectivity index (χ1n) is 6.90. The van der Waals surface area contributed by atoms with Gasteiger partial charge in [-0.15, -0.1) is 12.4 Å². The molecule has 6 nitrogen and oxygen atoms in total. The molecule has 0 saturated carbocycles. The number of halogens is 2. The zero-order valence-electron chi connectivity index (χ0n) is 13.0. The number of para-hydroxylation sites is 1. The summed E-state index contributed by atoms with van der Waals surface area (Å²) in [4.78, 5) is 16.1. The summed E-state index contributed by atoms with van der Waals surface area (Å²) in [6, 6.07) is 8.78. The van der Waals surface area contributed by atoms with Crippen LogP contribution in [0.15, 0.2) is 42.7 Å². The summed E-state index contributed by atoms with van der Waals surface area (Å²) in [5.41, 5.74) is 6.97. The lowest BCUT2D eigenvalue weighted by atomic mass is 10.2. The maximum atomic E-state index is 13.6. The molecule has 3 rings (SSSR count). The van der Waals surface area contributed by atoms with Gasteiger partial charge in [-0.2, -0.15) is 0 Å². The van der Waals surface area contributed by atoms with Gasteiger partial charge in [-0.05, 0) is 6.07 Å². The average molecular weight is 351 g/mol. The lowest BCUT2D eigenvalue weighted by molar-refractivity contribution is 0.0964. The van der Waals surface area contributed by atoms with Crippen molar-refractivity contribution in [3.05, 3.63) is 54.1 Å². The number of benzene rings is 1. The number of anilines is 1. The second-order valence-corrected chi connectivity index (χ2v) is 4.97. The van der Waals surface area contributed by atoms with E-state index in [2.05, 4.69) is 15.8 Å². The van der Waals surface area contributed by atoms with Crippen molar-refractivity contribution >= 4 is 34.9 Å². The summed E-state index contributed by atoms with van der Waals surface area (Å²) in [5.74, 6) is -1.04. The van der Waals surface area contributed by atoms with Gasteiger partial charge in [0.2, 0.25) is 5.88 Å². The molecule has 2 heterocycles. The molecule has 3 aromatic rings. The Balaban J connectivity index is 0.00000208. The van der Waals surface area contributed by atoms with Gasteiger partial charge in [-0.25, -0.2) is 9.37 Å². The molecule has 0 aliphatic heterocycles. The van der Waals surface area contributed by atoms with E-state index in [9.17, 15) is 9.18 Å². The Morgan fingerprint density at radius 2 is 2.08 bits per heavy atom. The van der Waals surface area contributed by atoms with E-state index in [1.54, 1.807) is 6.20 Å². The molecule has 0 radical (unpaired) electrons. The van der Waals surface area contributed by atoms with Crippen molar-refractivity contribution in [1.82, 2.24) is 15.0 Å². The number of aromatic nitrogens is 2. The molecule has 2 N–H and O–H groups in total. The highest BCUT2D eigenvalue weighted by Crippen LogP contribution is 2.20. The van der Waals surface area contributed by atoms with Crippen LogP contribution in [0.5, 0.6) is 5.88 Å². The molecule has 0 aliphatic carbocycles. The quantitative estimate of drug-likeness (QED) is 0.710. The highest BCUT2D eigenvalue weighted by Gasteiger charge is 2.13. The molecule has 0 fully saturated rings. The Hall–Kier alpha value is -2.80. The predicted molar refractivity (Wildman–Crippen MR) is 92.0 cm³/mol. The van der Waals surface area contributed by atoms with Gasteiger partial charge >= 0.3 is 0 Å². The first-order valence-corrected chi connectivity index (χ1v) is 6.90. The number of ether oxygens (including phenoxy) is 1. The van der Waals surface area contributed by atoms with Crippen LogP contribution in [0.1, 0.15) is 10.4 Å². The number of carbonyl (C=O) groups is 1. The maximum Gasteiger partial charge on any atom is 0.271 e. The number of hydrogen-bond acceptors (Lipinski definition) is 4. The maximum absolute atomic E-state index is 13.6. The standard InChI is InChI=1S/C16H15FN4O2.ClH/c1-21-9-12(11-5-3-4-6-14(11)21)15(22)20-19-10-7-13(17)16(23-2)18-8-10;/h3-9,19H,1-2H3,(H,20,22);1H. The van der Waals surface area contributed by atoms with Gasteiger partial charge in [0.15, 0.2) is 5.82 Å². The highest BCUT2D eigenvalue weighted by molar-refractivity contribution is 6.07. The summed E-state index contributed by atoms with van der Waals surface area (Å²) < 4.78 is 20.2. The predicted octanol–water partition coefficient (Wildman–Crippen LogP) is 2.90. The number of rotatable bonds is 4. The Kier molecular flexibility index (Phi) is 5.25. The van der Waals surface area contributed by atoms with Gasteiger partial charge in [0.1, 0.15) is 0 Å². The van der Waals surface area contributed by atoms with E-state index in [1.807, 2.05) is 35.9 Å². The van der Waals surface area contributed by atoms with Crippen molar-refractivity contribution in [1.29, 1.82) is 0 Å². The van der Waals surface area contributed by atoms with Crippen molar-refractivity contribution in [2.75, 3.05) is 12.5 Å². The molecule has 0 unspecified atom stereocenters. The number of nitrogens with zero attached hydrogens (tertiary/aromatic N) is 2. The fourth-order valence-corrected chi connectivity index (χ4v) is 2.36. The molecule has 8 heteroatoms. The minimum absolute atomic E-state index is 0. The SMILES string of the molecule is COc1ncc(NNC(=O)c2cn(C)c3ccccc23)cc1F.Cl. The van der Waals surface area contributed by atoms with Crippen molar-refractivity contribution in [2.45, 2.75) is 0 Å². The van der Waals surface area contributed by atoms with Crippen LogP contribution in [0.4, 0.5) is 10.1 Å². The molecule has 2 aromatic heterocycles. The molecule has 0 aliphatic rings. The van der Waals surface area contributed by atoms with Gasteiger partial charge in [0.25, 0.3) is 5.91 Å². The molecular weight excluding hydrogens is 335 g/mol. The summed E-state index contributed by atoms with van der Waals surface area (Å²) in [6.07, 6.45) is 3.11. The second-order valence-electron chi connectivity index (χ2n) is 4.97. The number of hydrogen-bond donors (Lipinski definition) is 2. The second kappa shape index (κ2) is 7.18. The fourth-order valence-electron chi connectivity index (χ4n) is 2.36. The van der Waals surface area contributed by atoms with Crippen LogP contribution in [0.3, 0.4) is 0 Å². The van der Waals surface area contributed by atoms with Gasteiger partial charge in [0, 0.05) is 30.2 Å². The van der Waals surface area contributed by atoms with E-state index in [0.29, 0.717) is 11.3 Å². The van der Waals surface area contributed by atoms with Crippen LogP contribution in [-0.2, 0) is 7.05 Å². The third-order valence-corrected chi connectivity index (χ3v) is 3.46. The van der Waals surface area contributed by atoms with Crippen LogP contribution in [-0.4, -0.2) is 22.6 Å². The number of methoxy groups -OCH3 is 1. The van der Waals surface area contributed by atoms with Gasteiger partial charge in [-0.3, -0.25) is 15.6 Å². The summed E-state index contributed by atoms with van der Waals surface area (Å²) in [7, 11) is 3.20. The highest BCUT2D eigenvalue weighted by atomic mass is 35.5. The third-order valence-electron chi connectivity index (χ3n) is 3.46. The summed E-state index contributed by atoms with van der Waals surface area (Å²) in [6.45, 7) is 0. The minimum atomic E-state index is -0.614. The first kappa shape index (κ1) is 17.6. The average Bonchev–Trinajstić information content (AvgIpc) is 2.90. The number of hydrazine groups is 1. The topological polar surface area (TPSA) is 68.2 Å². The molecule has 1 amide bonds. The fraction of sp³-hybridized carbons (Fsp3) is 0.125. The number of amides is 1. The lowest BCUT2D eigenvalue weighted by Crippen LogP contribution is -2.29. The largest absolute Gasteiger partial charge is 0.479 e. The number of fused-ring (bicyclic) bond motifs is 1. The molecule has 126 valence electrons. The zero-order chi connectivity index (χ0) is 16.4. The van der Waals surface area contributed by atoms with Crippen LogP contribution in [0.25, 0.3) is 10.9 Å². The summed E-state index contributed by atoms with van der Waals surface area (Å²) >= 11 is 0. The van der Waals surface area contributed by atoms with Crippen LogP contribution >= 0.6 is 12.4 Å². The Morgan fingerprint density at radius 3 is 2.79 bits per heavy atom. The van der Waals surface area contributed by atoms with E-state index in [4.69, 9.17) is 4.74 Å². The lowest BCUT2D eigenvalue weighted by Gasteiger charge is -2.08. The Labute approximate surface area is 144 Å². The van der Waals surface area contributed by atoms with Crippen molar-refractivity contribution in [3.8, 4) is 5.88 Å². The van der Waals surface area contributed by atoms with Crippen molar-refractivity contribution in [3.63, 3.8) is 0 Å². The molecule has 0 spiro atoms. The van der Waals surface area contributed by atoms with E-state index in [-0.39, 0.29) is 24.2 Å². The van der Waals surface area contributed by atoms with Crippen LogP contribution < -0.4 is 15.6 Å². The minimum Gasteiger partial charge on any atom is -0.479 e. The van der Waals surface area contributed by atoms with Gasteiger partial charge < -0.3 is 9.30 Å². The number of aryl methyl sites for hydroxylation is 1. The van der Waals surface area contributed by atoms with E-state index in [1.165, 1.54) is 19.4 Å². The van der Waals surface area contributed by atoms with E-state index in [0.717, 1.165) is 10.9 Å². The molecule has 1 aromatic carbocycles. The molecule has 0 atom stereocenters. The van der Waals surface area contributed by atoms with E-state index >= 15 is 0 Å². The first-order chi connectivity index (χ1) is 11.1. The Morgan fingerprint density at radius 1 is 1.33 bits per heavy atom. The number of carbonyl (C=O) groups excluding carboxylic acids is 1. The number of pyridine rings is 1. The molecule has 0 bridgehead atoms. The van der Waals surface area contributed by atoms with Crippen molar-refractivity contribution < 1.29 is 13.9 Å². The van der Waals surface area contributed by atoms with Gasteiger partial charge in [0.05, 0.1) is 24.6 Å². The van der Waals surface area contributed by atoms with Crippen LogP contribution in [0.2, 0.25) is 0 Å². The Bertz CT molecular complexity index is 882. The zero-order valence-corrected chi connectivity index (χ0v) is 13.9.